The van der Waals surface area contributed by atoms with Crippen LogP contribution in [0.1, 0.15) is 20.7 Å². The largest absolute Gasteiger partial charge is 0.478 e. The molecule has 0 aliphatic heterocycles. The Hall–Kier alpha value is 1.03. The molecule has 0 bridgehead atoms. The Kier molecular flexibility index (Phi) is 10.2. The summed E-state index contributed by atoms with van der Waals surface area (Å²) < 4.78 is 0. The van der Waals surface area contributed by atoms with Crippen molar-refractivity contribution in [3.8, 4) is 0 Å². The van der Waals surface area contributed by atoms with Crippen molar-refractivity contribution >= 4 is 11.9 Å². The van der Waals surface area contributed by atoms with Crippen molar-refractivity contribution in [2.24, 2.45) is 0 Å². The normalized spacial score (nSPS) is 8.00. The molecule has 0 unspecified atom stereocenters. The van der Waals surface area contributed by atoms with E-state index in [1.165, 1.54) is 24.3 Å². The molecule has 0 heterocycles. The van der Waals surface area contributed by atoms with Gasteiger partial charge in [0, 0.05) is 88.0 Å². The third kappa shape index (κ3) is 5.21. The molecular formula is C8H6EuO4Tb. The Morgan fingerprint density at radius 1 is 0.857 bits per heavy atom. The summed E-state index contributed by atoms with van der Waals surface area (Å²) in [5, 5.41) is 16.9. The molecule has 1 aromatic carbocycles. The minimum atomic E-state index is -1.06. The fraction of sp³-hybridized carbons (Fsp3) is 0. The molecule has 0 amide bonds. The Morgan fingerprint density at radius 2 is 1.07 bits per heavy atom. The molecule has 0 saturated carbocycles. The summed E-state index contributed by atoms with van der Waals surface area (Å²) in [6.45, 7) is 0. The number of rotatable bonds is 2. The molecule has 0 fully saturated rings. The summed E-state index contributed by atoms with van der Waals surface area (Å²) in [7, 11) is 0. The van der Waals surface area contributed by atoms with Crippen LogP contribution in [0.5, 0.6) is 0 Å². The first kappa shape index (κ1) is 17.4. The van der Waals surface area contributed by atoms with Gasteiger partial charge in [-0.25, -0.2) is 9.59 Å². The second-order valence-electron chi connectivity index (χ2n) is 2.19. The summed E-state index contributed by atoms with van der Waals surface area (Å²) in [6, 6.07) is 5.02. The van der Waals surface area contributed by atoms with E-state index < -0.39 is 11.9 Å². The average Bonchev–Trinajstić information content (AvgIpc) is 2.04. The molecule has 0 aliphatic rings. The fourth-order valence-electron chi connectivity index (χ4n) is 0.755. The van der Waals surface area contributed by atoms with Crippen LogP contribution in [0.4, 0.5) is 0 Å². The summed E-state index contributed by atoms with van der Waals surface area (Å²) in [4.78, 5) is 20.7. The van der Waals surface area contributed by atoms with Crippen molar-refractivity contribution in [3.63, 3.8) is 0 Å². The van der Waals surface area contributed by atoms with Gasteiger partial charge in [0.05, 0.1) is 11.1 Å². The molecule has 0 saturated heterocycles. The molecule has 1 rings (SSSR count). The van der Waals surface area contributed by atoms with Gasteiger partial charge in [0.15, 0.2) is 0 Å². The molecule has 0 atom stereocenters. The second-order valence-corrected chi connectivity index (χ2v) is 2.19. The molecule has 0 spiro atoms. The zero-order valence-electron chi connectivity index (χ0n) is 6.73. The third-order valence-electron chi connectivity index (χ3n) is 1.38. The molecule has 0 aromatic heterocycles. The Morgan fingerprint density at radius 3 is 1.21 bits per heavy atom. The standard InChI is InChI=1S/C8H6O4.Eu.Tb/c9-7(10)5-1-2-6(4-3-5)8(11)12;;/h1-4H,(H,9,10)(H,11,12);;. The minimum absolute atomic E-state index is 0. The van der Waals surface area contributed by atoms with Gasteiger partial charge in [-0.05, 0) is 24.3 Å². The molecular weight excluding hydrogens is 471 g/mol. The number of carboxylic acids is 2. The number of carbonyl (C=O) groups is 2. The number of carboxylic acid groups (broad SMARTS) is 2. The number of hydrogen-bond donors (Lipinski definition) is 2. The minimum Gasteiger partial charge on any atom is -0.478 e. The Balaban J connectivity index is 0. The molecule has 1 aromatic rings. The first-order valence-electron chi connectivity index (χ1n) is 3.18. The number of hydrogen-bond acceptors (Lipinski definition) is 2. The number of benzene rings is 1. The van der Waals surface area contributed by atoms with E-state index in [9.17, 15) is 9.59 Å². The quantitative estimate of drug-likeness (QED) is 0.670. The predicted octanol–water partition coefficient (Wildman–Crippen LogP) is 1.08. The fourth-order valence-corrected chi connectivity index (χ4v) is 0.755. The summed E-state index contributed by atoms with van der Waals surface area (Å²) >= 11 is 0. The van der Waals surface area contributed by atoms with Crippen LogP contribution < -0.4 is 0 Å². The first-order chi connectivity index (χ1) is 5.61. The maximum Gasteiger partial charge on any atom is 0.335 e. The van der Waals surface area contributed by atoms with Crippen LogP contribution in [-0.4, -0.2) is 22.2 Å². The molecule has 2 radical (unpaired) electrons. The van der Waals surface area contributed by atoms with Crippen molar-refractivity contribution in [2.75, 3.05) is 0 Å². The van der Waals surface area contributed by atoms with E-state index in [2.05, 4.69) is 0 Å². The predicted molar refractivity (Wildman–Crippen MR) is 40.4 cm³/mol. The Labute approximate surface area is 152 Å². The number of aromatic carboxylic acids is 2. The molecule has 4 nitrogen and oxygen atoms in total. The van der Waals surface area contributed by atoms with Gasteiger partial charge in [-0.3, -0.25) is 0 Å². The topological polar surface area (TPSA) is 74.6 Å². The van der Waals surface area contributed by atoms with Gasteiger partial charge in [-0.1, -0.05) is 0 Å². The van der Waals surface area contributed by atoms with Crippen LogP contribution in [0.25, 0.3) is 0 Å². The van der Waals surface area contributed by atoms with Crippen LogP contribution in [0.3, 0.4) is 0 Å². The van der Waals surface area contributed by atoms with Crippen molar-refractivity contribution < 1.29 is 108 Å². The van der Waals surface area contributed by atoms with Crippen molar-refractivity contribution in [2.45, 2.75) is 0 Å². The van der Waals surface area contributed by atoms with Crippen LogP contribution in [0.15, 0.2) is 24.3 Å². The Bertz CT molecular complexity index is 290. The summed E-state index contributed by atoms with van der Waals surface area (Å²) in [6.07, 6.45) is 0. The van der Waals surface area contributed by atoms with E-state index in [0.717, 1.165) is 0 Å². The van der Waals surface area contributed by atoms with E-state index in [1.807, 2.05) is 0 Å². The first-order valence-corrected chi connectivity index (χ1v) is 3.18. The van der Waals surface area contributed by atoms with Crippen LogP contribution in [-0.2, 0) is 0 Å². The van der Waals surface area contributed by atoms with Crippen molar-refractivity contribution in [1.82, 2.24) is 0 Å². The molecule has 6 heteroatoms. The molecule has 2 N–H and O–H groups in total. The van der Waals surface area contributed by atoms with Crippen LogP contribution >= 0.6 is 0 Å². The zero-order valence-corrected chi connectivity index (χ0v) is 11.3. The van der Waals surface area contributed by atoms with Gasteiger partial charge in [0.25, 0.3) is 0 Å². The van der Waals surface area contributed by atoms with Gasteiger partial charge in [0.1, 0.15) is 0 Å². The van der Waals surface area contributed by atoms with E-state index in [4.69, 9.17) is 10.2 Å². The smallest absolute Gasteiger partial charge is 0.335 e. The molecule has 78 valence electrons. The van der Waals surface area contributed by atoms with E-state index in [1.54, 1.807) is 0 Å². The van der Waals surface area contributed by atoms with Crippen LogP contribution in [0.2, 0.25) is 0 Å². The average molecular weight is 477 g/mol. The van der Waals surface area contributed by atoms with E-state index in [0.29, 0.717) is 0 Å². The maximum atomic E-state index is 10.3. The summed E-state index contributed by atoms with van der Waals surface area (Å²) in [5.41, 5.74) is 0.167. The van der Waals surface area contributed by atoms with Crippen molar-refractivity contribution in [3.05, 3.63) is 35.4 Å². The SMILES string of the molecule is O=C(O)c1ccc(C(=O)O)cc1.[Eu].[Tb]. The molecule has 0 aliphatic carbocycles. The van der Waals surface area contributed by atoms with Gasteiger partial charge >= 0.3 is 11.9 Å². The van der Waals surface area contributed by atoms with Gasteiger partial charge in [0.2, 0.25) is 0 Å². The van der Waals surface area contributed by atoms with E-state index in [-0.39, 0.29) is 99.1 Å². The van der Waals surface area contributed by atoms with Gasteiger partial charge in [-0.15, -0.1) is 0 Å². The van der Waals surface area contributed by atoms with Gasteiger partial charge in [-0.2, -0.15) is 0 Å². The maximum absolute atomic E-state index is 10.3. The van der Waals surface area contributed by atoms with Gasteiger partial charge < -0.3 is 10.2 Å². The van der Waals surface area contributed by atoms with Crippen LogP contribution in [0, 0.1) is 88.0 Å². The monoisotopic (exact) mass is 478 g/mol. The van der Waals surface area contributed by atoms with E-state index >= 15 is 0 Å². The summed E-state index contributed by atoms with van der Waals surface area (Å²) in [5.74, 6) is -2.13. The zero-order chi connectivity index (χ0) is 9.14. The second kappa shape index (κ2) is 8.21. The van der Waals surface area contributed by atoms with Crippen molar-refractivity contribution in [1.29, 1.82) is 0 Å². The molecule has 14 heavy (non-hydrogen) atoms. The third-order valence-corrected chi connectivity index (χ3v) is 1.38.